The van der Waals surface area contributed by atoms with Crippen molar-refractivity contribution in [3.8, 4) is 0 Å². The number of hydrogen-bond acceptors (Lipinski definition) is 3. The van der Waals surface area contributed by atoms with Crippen molar-refractivity contribution >= 4 is 0 Å². The van der Waals surface area contributed by atoms with Crippen LogP contribution in [0.5, 0.6) is 0 Å². The van der Waals surface area contributed by atoms with E-state index < -0.39 is 0 Å². The summed E-state index contributed by atoms with van der Waals surface area (Å²) in [6.45, 7) is 9.09. The van der Waals surface area contributed by atoms with E-state index in [2.05, 4.69) is 37.7 Å². The first-order valence-electron chi connectivity index (χ1n) is 7.11. The lowest BCUT2D eigenvalue weighted by molar-refractivity contribution is 0.174. The quantitative estimate of drug-likeness (QED) is 0.735. The molecule has 0 aromatic heterocycles. The normalized spacial score (nSPS) is 23.8. The van der Waals surface area contributed by atoms with Crippen LogP contribution >= 0.6 is 0 Å². The van der Waals surface area contributed by atoms with Crippen LogP contribution in [0.1, 0.15) is 33.1 Å². The average Bonchev–Trinajstić information content (AvgIpc) is 2.63. The van der Waals surface area contributed by atoms with Gasteiger partial charge >= 0.3 is 0 Å². The molecule has 2 atom stereocenters. The molecule has 3 nitrogen and oxygen atoms in total. The van der Waals surface area contributed by atoms with Crippen LogP contribution < -0.4 is 5.73 Å². The van der Waals surface area contributed by atoms with E-state index in [-0.39, 0.29) is 0 Å². The Balaban J connectivity index is 2.41. The Kier molecular flexibility index (Phi) is 6.45. The summed E-state index contributed by atoms with van der Waals surface area (Å²) in [4.78, 5) is 4.97. The van der Waals surface area contributed by atoms with Crippen molar-refractivity contribution in [1.29, 1.82) is 0 Å². The van der Waals surface area contributed by atoms with Crippen LogP contribution in [-0.2, 0) is 0 Å². The zero-order chi connectivity index (χ0) is 12.8. The van der Waals surface area contributed by atoms with Crippen molar-refractivity contribution in [3.63, 3.8) is 0 Å². The van der Waals surface area contributed by atoms with Gasteiger partial charge in [0.15, 0.2) is 0 Å². The summed E-state index contributed by atoms with van der Waals surface area (Å²) in [7, 11) is 4.34. The summed E-state index contributed by atoms with van der Waals surface area (Å²) in [5.41, 5.74) is 5.91. The molecule has 0 aromatic rings. The smallest absolute Gasteiger partial charge is 0.0223 e. The van der Waals surface area contributed by atoms with Crippen molar-refractivity contribution in [3.05, 3.63) is 0 Å². The van der Waals surface area contributed by atoms with Crippen molar-refractivity contribution in [2.75, 3.05) is 40.3 Å². The Morgan fingerprint density at radius 3 is 2.59 bits per heavy atom. The van der Waals surface area contributed by atoms with E-state index in [0.717, 1.165) is 18.5 Å². The fourth-order valence-electron chi connectivity index (χ4n) is 3.01. The van der Waals surface area contributed by atoms with Crippen molar-refractivity contribution in [1.82, 2.24) is 9.80 Å². The number of likely N-dealkylation sites (tertiary alicyclic amines) is 1. The lowest BCUT2D eigenvalue weighted by atomic mass is 9.96. The molecule has 3 heteroatoms. The van der Waals surface area contributed by atoms with Crippen molar-refractivity contribution in [2.45, 2.75) is 39.2 Å². The van der Waals surface area contributed by atoms with E-state index in [0.29, 0.717) is 5.92 Å². The van der Waals surface area contributed by atoms with Gasteiger partial charge in [-0.15, -0.1) is 0 Å². The standard InChI is InChI=1S/C14H31N3/c1-12(2)8-13(9-15)10-17-7-5-6-14(17)11-16(3)4/h12-14H,5-11,15H2,1-4H3. The van der Waals surface area contributed by atoms with Gasteiger partial charge in [0.1, 0.15) is 0 Å². The largest absolute Gasteiger partial charge is 0.330 e. The Labute approximate surface area is 107 Å². The van der Waals surface area contributed by atoms with Gasteiger partial charge in [0.05, 0.1) is 0 Å². The summed E-state index contributed by atoms with van der Waals surface area (Å²) in [5, 5.41) is 0. The highest BCUT2D eigenvalue weighted by molar-refractivity contribution is 4.83. The highest BCUT2D eigenvalue weighted by atomic mass is 15.2. The minimum atomic E-state index is 0.678. The Morgan fingerprint density at radius 2 is 2.06 bits per heavy atom. The van der Waals surface area contributed by atoms with E-state index in [1.807, 2.05) is 0 Å². The number of hydrogen-bond donors (Lipinski definition) is 1. The molecule has 0 aliphatic carbocycles. The van der Waals surface area contributed by atoms with Crippen LogP contribution in [0.4, 0.5) is 0 Å². The Morgan fingerprint density at radius 1 is 1.35 bits per heavy atom. The van der Waals surface area contributed by atoms with Crippen LogP contribution in [0.2, 0.25) is 0 Å². The van der Waals surface area contributed by atoms with Crippen LogP contribution in [0.15, 0.2) is 0 Å². The topological polar surface area (TPSA) is 32.5 Å². The highest BCUT2D eigenvalue weighted by Gasteiger charge is 2.26. The molecule has 0 amide bonds. The first-order chi connectivity index (χ1) is 8.02. The minimum absolute atomic E-state index is 0.678. The van der Waals surface area contributed by atoms with Gasteiger partial charge in [0.2, 0.25) is 0 Å². The Bertz CT molecular complexity index is 204. The summed E-state index contributed by atoms with van der Waals surface area (Å²) < 4.78 is 0. The van der Waals surface area contributed by atoms with Gasteiger partial charge in [-0.2, -0.15) is 0 Å². The fraction of sp³-hybridized carbons (Fsp3) is 1.00. The third kappa shape index (κ3) is 5.36. The van der Waals surface area contributed by atoms with Gasteiger partial charge in [-0.1, -0.05) is 13.8 Å². The van der Waals surface area contributed by atoms with Gasteiger partial charge in [-0.3, -0.25) is 4.90 Å². The predicted molar refractivity (Wildman–Crippen MR) is 75.1 cm³/mol. The molecule has 17 heavy (non-hydrogen) atoms. The molecular formula is C14H31N3. The Hall–Kier alpha value is -0.120. The SMILES string of the molecule is CC(C)CC(CN)CN1CCCC1CN(C)C. The number of nitrogens with zero attached hydrogens (tertiary/aromatic N) is 2. The summed E-state index contributed by atoms with van der Waals surface area (Å²) in [5.74, 6) is 1.44. The van der Waals surface area contributed by atoms with Crippen LogP contribution in [0.3, 0.4) is 0 Å². The van der Waals surface area contributed by atoms with E-state index in [1.165, 1.54) is 38.9 Å². The van der Waals surface area contributed by atoms with E-state index in [1.54, 1.807) is 0 Å². The molecular weight excluding hydrogens is 210 g/mol. The van der Waals surface area contributed by atoms with Gasteiger partial charge in [0.25, 0.3) is 0 Å². The first-order valence-corrected chi connectivity index (χ1v) is 7.11. The van der Waals surface area contributed by atoms with Crippen LogP contribution in [0.25, 0.3) is 0 Å². The second kappa shape index (κ2) is 7.34. The number of likely N-dealkylation sites (N-methyl/N-ethyl adjacent to an activating group) is 1. The molecule has 1 fully saturated rings. The molecule has 0 aromatic carbocycles. The van der Waals surface area contributed by atoms with Gasteiger partial charge < -0.3 is 10.6 Å². The molecule has 1 rings (SSSR count). The molecule has 1 aliphatic heterocycles. The molecule has 0 radical (unpaired) electrons. The average molecular weight is 241 g/mol. The number of rotatable bonds is 7. The zero-order valence-electron chi connectivity index (χ0n) is 12.2. The highest BCUT2D eigenvalue weighted by Crippen LogP contribution is 2.21. The second-order valence-electron chi connectivity index (χ2n) is 6.28. The minimum Gasteiger partial charge on any atom is -0.330 e. The third-order valence-corrected chi connectivity index (χ3v) is 3.71. The number of nitrogens with two attached hydrogens (primary N) is 1. The summed E-state index contributed by atoms with van der Waals surface area (Å²) in [6, 6.07) is 0.756. The van der Waals surface area contributed by atoms with E-state index in [4.69, 9.17) is 5.73 Å². The third-order valence-electron chi connectivity index (χ3n) is 3.71. The lowest BCUT2D eigenvalue weighted by Gasteiger charge is -2.30. The van der Waals surface area contributed by atoms with Gasteiger partial charge in [-0.25, -0.2) is 0 Å². The molecule has 102 valence electrons. The molecule has 1 heterocycles. The van der Waals surface area contributed by atoms with Crippen LogP contribution in [0, 0.1) is 11.8 Å². The van der Waals surface area contributed by atoms with Gasteiger partial charge in [-0.05, 0) is 58.3 Å². The molecule has 0 saturated carbocycles. The molecule has 0 bridgehead atoms. The van der Waals surface area contributed by atoms with Gasteiger partial charge in [0, 0.05) is 19.1 Å². The van der Waals surface area contributed by atoms with Crippen LogP contribution in [-0.4, -0.2) is 56.1 Å². The summed E-state index contributed by atoms with van der Waals surface area (Å²) >= 11 is 0. The summed E-state index contributed by atoms with van der Waals surface area (Å²) in [6.07, 6.45) is 3.98. The molecule has 2 N–H and O–H groups in total. The lowest BCUT2D eigenvalue weighted by Crippen LogP contribution is -2.41. The van der Waals surface area contributed by atoms with Crippen molar-refractivity contribution in [2.24, 2.45) is 17.6 Å². The maximum atomic E-state index is 5.91. The molecule has 0 spiro atoms. The van der Waals surface area contributed by atoms with E-state index in [9.17, 15) is 0 Å². The second-order valence-corrected chi connectivity index (χ2v) is 6.28. The predicted octanol–water partition coefficient (Wildman–Crippen LogP) is 1.63. The fourth-order valence-corrected chi connectivity index (χ4v) is 3.01. The monoisotopic (exact) mass is 241 g/mol. The maximum Gasteiger partial charge on any atom is 0.0223 e. The zero-order valence-corrected chi connectivity index (χ0v) is 12.2. The van der Waals surface area contributed by atoms with E-state index >= 15 is 0 Å². The van der Waals surface area contributed by atoms with Crippen molar-refractivity contribution < 1.29 is 0 Å². The maximum absolute atomic E-state index is 5.91. The molecule has 2 unspecified atom stereocenters. The molecule has 1 aliphatic rings. The molecule has 1 saturated heterocycles. The first kappa shape index (κ1) is 14.9.